The lowest BCUT2D eigenvalue weighted by Gasteiger charge is -2.34. The fourth-order valence-corrected chi connectivity index (χ4v) is 3.98. The Balaban J connectivity index is 1.85. The number of benzene rings is 2. The molecule has 2 aromatic rings. The van der Waals surface area contributed by atoms with Crippen LogP contribution in [-0.4, -0.2) is 16.8 Å². The van der Waals surface area contributed by atoms with Gasteiger partial charge in [0, 0.05) is 0 Å². The zero-order chi connectivity index (χ0) is 23.4. The van der Waals surface area contributed by atoms with Crippen molar-refractivity contribution in [2.75, 3.05) is 0 Å². The van der Waals surface area contributed by atoms with Gasteiger partial charge in [-0.2, -0.15) is 0 Å². The van der Waals surface area contributed by atoms with E-state index >= 15 is 0 Å². The minimum absolute atomic E-state index is 0.213. The predicted molar refractivity (Wildman–Crippen MR) is 137 cm³/mol. The highest BCUT2D eigenvalue weighted by Crippen LogP contribution is 2.34. The SMILES string of the molecule is CCC(CC)Oc1ccc(C2=CCCCc3cc(/C=C\C(C)(O)C(C)(C)C)ccc32)cc1. The van der Waals surface area contributed by atoms with E-state index in [0.717, 1.165) is 43.4 Å². The maximum Gasteiger partial charge on any atom is 0.119 e. The molecule has 1 unspecified atom stereocenters. The van der Waals surface area contributed by atoms with Gasteiger partial charge in [0.1, 0.15) is 5.75 Å². The average molecular weight is 433 g/mol. The van der Waals surface area contributed by atoms with Crippen LogP contribution in [0.3, 0.4) is 0 Å². The molecule has 172 valence electrons. The lowest BCUT2D eigenvalue weighted by molar-refractivity contribution is 0.00436. The first-order chi connectivity index (χ1) is 15.1. The molecular weight excluding hydrogens is 392 g/mol. The van der Waals surface area contributed by atoms with Gasteiger partial charge < -0.3 is 9.84 Å². The van der Waals surface area contributed by atoms with Crippen molar-refractivity contribution in [3.63, 3.8) is 0 Å². The zero-order valence-corrected chi connectivity index (χ0v) is 20.7. The average Bonchev–Trinajstić information content (AvgIpc) is 2.98. The Hall–Kier alpha value is -2.32. The summed E-state index contributed by atoms with van der Waals surface area (Å²) >= 11 is 0. The molecule has 0 aromatic heterocycles. The Bertz CT molecular complexity index is 951. The van der Waals surface area contributed by atoms with E-state index in [0.29, 0.717) is 0 Å². The van der Waals surface area contributed by atoms with Crippen molar-refractivity contribution < 1.29 is 9.84 Å². The first-order valence-corrected chi connectivity index (χ1v) is 12.2. The van der Waals surface area contributed by atoms with E-state index in [-0.39, 0.29) is 11.5 Å². The molecule has 0 amide bonds. The molecule has 2 aromatic carbocycles. The highest BCUT2D eigenvalue weighted by Gasteiger charge is 2.32. The molecular formula is C30H40O2. The molecule has 0 aliphatic heterocycles. The summed E-state index contributed by atoms with van der Waals surface area (Å²) in [7, 11) is 0. The highest BCUT2D eigenvalue weighted by molar-refractivity contribution is 5.82. The summed E-state index contributed by atoms with van der Waals surface area (Å²) in [5.41, 5.74) is 5.31. The molecule has 1 atom stereocenters. The van der Waals surface area contributed by atoms with Gasteiger partial charge in [-0.25, -0.2) is 0 Å². The summed E-state index contributed by atoms with van der Waals surface area (Å²) in [6.07, 6.45) is 12.0. The third-order valence-electron chi connectivity index (χ3n) is 6.92. The summed E-state index contributed by atoms with van der Waals surface area (Å²) in [5.74, 6) is 0.947. The Kier molecular flexibility index (Phi) is 7.67. The van der Waals surface area contributed by atoms with E-state index in [9.17, 15) is 5.11 Å². The topological polar surface area (TPSA) is 29.5 Å². The van der Waals surface area contributed by atoms with Crippen LogP contribution in [0.5, 0.6) is 5.75 Å². The third kappa shape index (κ3) is 5.72. The van der Waals surface area contributed by atoms with E-state index in [1.165, 1.54) is 22.3 Å². The van der Waals surface area contributed by atoms with Gasteiger partial charge in [0.25, 0.3) is 0 Å². The molecule has 0 fully saturated rings. The Labute approximate surface area is 195 Å². The number of allylic oxidation sites excluding steroid dienone is 1. The molecule has 0 spiro atoms. The van der Waals surface area contributed by atoms with Crippen molar-refractivity contribution in [2.45, 2.75) is 85.4 Å². The first kappa shape index (κ1) is 24.3. The van der Waals surface area contributed by atoms with Crippen LogP contribution in [0, 0.1) is 5.41 Å². The van der Waals surface area contributed by atoms with E-state index in [1.807, 2.05) is 13.0 Å². The van der Waals surface area contributed by atoms with E-state index in [2.05, 4.69) is 89.2 Å². The van der Waals surface area contributed by atoms with Gasteiger partial charge in [-0.15, -0.1) is 0 Å². The second kappa shape index (κ2) is 10.1. The Morgan fingerprint density at radius 3 is 2.31 bits per heavy atom. The molecule has 3 rings (SSSR count). The zero-order valence-electron chi connectivity index (χ0n) is 20.7. The third-order valence-corrected chi connectivity index (χ3v) is 6.92. The maximum atomic E-state index is 10.8. The molecule has 1 aliphatic rings. The fourth-order valence-electron chi connectivity index (χ4n) is 3.98. The number of hydrogen-bond donors (Lipinski definition) is 1. The molecule has 0 radical (unpaired) electrons. The van der Waals surface area contributed by atoms with Crippen molar-refractivity contribution >= 4 is 11.6 Å². The second-order valence-electron chi connectivity index (χ2n) is 10.2. The van der Waals surface area contributed by atoms with Crippen LogP contribution in [0.1, 0.15) is 89.5 Å². The number of ether oxygens (including phenoxy) is 1. The van der Waals surface area contributed by atoms with Crippen LogP contribution in [0.15, 0.2) is 54.6 Å². The van der Waals surface area contributed by atoms with Crippen LogP contribution >= 0.6 is 0 Å². The largest absolute Gasteiger partial charge is 0.490 e. The molecule has 1 aliphatic carbocycles. The Morgan fingerprint density at radius 2 is 1.69 bits per heavy atom. The Morgan fingerprint density at radius 1 is 1.00 bits per heavy atom. The van der Waals surface area contributed by atoms with E-state index in [1.54, 1.807) is 0 Å². The summed E-state index contributed by atoms with van der Waals surface area (Å²) in [6, 6.07) is 15.3. The van der Waals surface area contributed by atoms with Crippen molar-refractivity contribution in [1.29, 1.82) is 0 Å². The summed E-state index contributed by atoms with van der Waals surface area (Å²) in [6.45, 7) is 12.4. The molecule has 1 N–H and O–H groups in total. The van der Waals surface area contributed by atoms with Gasteiger partial charge in [0.15, 0.2) is 0 Å². The molecule has 2 nitrogen and oxygen atoms in total. The monoisotopic (exact) mass is 432 g/mol. The van der Waals surface area contributed by atoms with Crippen LogP contribution in [0.2, 0.25) is 0 Å². The number of fused-ring (bicyclic) bond motifs is 1. The van der Waals surface area contributed by atoms with Crippen LogP contribution in [-0.2, 0) is 6.42 Å². The van der Waals surface area contributed by atoms with Crippen molar-refractivity contribution in [3.8, 4) is 5.75 Å². The minimum atomic E-state index is -0.858. The first-order valence-electron chi connectivity index (χ1n) is 12.2. The van der Waals surface area contributed by atoms with Gasteiger partial charge in [-0.3, -0.25) is 0 Å². The predicted octanol–water partition coefficient (Wildman–Crippen LogP) is 7.83. The van der Waals surface area contributed by atoms with Gasteiger partial charge >= 0.3 is 0 Å². The number of aliphatic hydroxyl groups is 1. The summed E-state index contributed by atoms with van der Waals surface area (Å²) in [4.78, 5) is 0. The number of hydrogen-bond acceptors (Lipinski definition) is 2. The lowest BCUT2D eigenvalue weighted by atomic mass is 9.77. The maximum absolute atomic E-state index is 10.8. The van der Waals surface area contributed by atoms with Crippen molar-refractivity contribution in [2.24, 2.45) is 5.41 Å². The van der Waals surface area contributed by atoms with Gasteiger partial charge in [-0.05, 0) is 84.4 Å². The highest BCUT2D eigenvalue weighted by atomic mass is 16.5. The van der Waals surface area contributed by atoms with Gasteiger partial charge in [0.05, 0.1) is 11.7 Å². The lowest BCUT2D eigenvalue weighted by Crippen LogP contribution is -2.37. The van der Waals surface area contributed by atoms with E-state index in [4.69, 9.17) is 4.74 Å². The minimum Gasteiger partial charge on any atom is -0.490 e. The summed E-state index contributed by atoms with van der Waals surface area (Å²) < 4.78 is 6.10. The number of aryl methyl sites for hydroxylation is 1. The normalized spacial score (nSPS) is 16.4. The van der Waals surface area contributed by atoms with Crippen LogP contribution in [0.4, 0.5) is 0 Å². The summed E-state index contributed by atoms with van der Waals surface area (Å²) in [5, 5.41) is 10.8. The smallest absolute Gasteiger partial charge is 0.119 e. The van der Waals surface area contributed by atoms with Gasteiger partial charge in [-0.1, -0.05) is 83.2 Å². The molecule has 0 saturated heterocycles. The fraction of sp³-hybridized carbons (Fsp3) is 0.467. The molecule has 0 bridgehead atoms. The molecule has 32 heavy (non-hydrogen) atoms. The molecule has 0 heterocycles. The van der Waals surface area contributed by atoms with Crippen LogP contribution < -0.4 is 4.74 Å². The standard InChI is InChI=1S/C30H40O2/c1-7-25(8-2)32-26-16-14-23(15-17-26)27-12-10-9-11-24-21-22(13-18-28(24)27)19-20-30(6,31)29(3,4)5/h12-21,25,31H,7-11H2,1-6H3/b20-19-. The molecule has 2 heteroatoms. The quantitative estimate of drug-likeness (QED) is 0.483. The van der Waals surface area contributed by atoms with Crippen LogP contribution in [0.25, 0.3) is 11.6 Å². The van der Waals surface area contributed by atoms with Gasteiger partial charge in [0.2, 0.25) is 0 Å². The van der Waals surface area contributed by atoms with E-state index < -0.39 is 5.60 Å². The molecule has 0 saturated carbocycles. The second-order valence-corrected chi connectivity index (χ2v) is 10.2. The van der Waals surface area contributed by atoms with Crippen molar-refractivity contribution in [1.82, 2.24) is 0 Å². The number of rotatable bonds is 7. The van der Waals surface area contributed by atoms with Crippen molar-refractivity contribution in [3.05, 3.63) is 76.9 Å².